The highest BCUT2D eigenvalue weighted by Gasteiger charge is 2.04. The highest BCUT2D eigenvalue weighted by Crippen LogP contribution is 2.22. The van der Waals surface area contributed by atoms with Gasteiger partial charge in [-0.25, -0.2) is 9.82 Å². The zero-order chi connectivity index (χ0) is 17.6. The summed E-state index contributed by atoms with van der Waals surface area (Å²) in [5.74, 6) is -0.561. The van der Waals surface area contributed by atoms with Crippen LogP contribution in [0.1, 0.15) is 12.5 Å². The van der Waals surface area contributed by atoms with Crippen molar-refractivity contribution in [2.75, 3.05) is 11.9 Å². The van der Waals surface area contributed by atoms with E-state index < -0.39 is 0 Å². The van der Waals surface area contributed by atoms with Crippen molar-refractivity contribution in [3.63, 3.8) is 0 Å². The van der Waals surface area contributed by atoms with Crippen LogP contribution in [0.2, 0.25) is 0 Å². The summed E-state index contributed by atoms with van der Waals surface area (Å²) in [6, 6.07) is 19.8. The van der Waals surface area contributed by atoms with Gasteiger partial charge in [-0.2, -0.15) is 5.10 Å². The SMILES string of the molecule is C/C(=N/NC(=O)CNc1cccc2ccccc12)c1ccc(F)cc1. The third kappa shape index (κ3) is 4.20. The van der Waals surface area contributed by atoms with Crippen LogP contribution < -0.4 is 10.7 Å². The molecule has 3 aromatic carbocycles. The average molecular weight is 335 g/mol. The predicted octanol–water partition coefficient (Wildman–Crippen LogP) is 3.93. The number of nitrogens with zero attached hydrogens (tertiary/aromatic N) is 1. The van der Waals surface area contributed by atoms with Gasteiger partial charge in [-0.15, -0.1) is 0 Å². The maximum Gasteiger partial charge on any atom is 0.259 e. The van der Waals surface area contributed by atoms with E-state index in [0.29, 0.717) is 5.71 Å². The second-order valence-corrected chi connectivity index (χ2v) is 5.62. The molecule has 0 spiro atoms. The summed E-state index contributed by atoms with van der Waals surface area (Å²) < 4.78 is 12.9. The van der Waals surface area contributed by atoms with Crippen molar-refractivity contribution in [3.8, 4) is 0 Å². The minimum Gasteiger partial charge on any atom is -0.376 e. The highest BCUT2D eigenvalue weighted by atomic mass is 19.1. The van der Waals surface area contributed by atoms with Gasteiger partial charge in [0.25, 0.3) is 5.91 Å². The first-order valence-corrected chi connectivity index (χ1v) is 7.94. The maximum atomic E-state index is 12.9. The van der Waals surface area contributed by atoms with E-state index in [2.05, 4.69) is 15.8 Å². The fourth-order valence-corrected chi connectivity index (χ4v) is 2.50. The van der Waals surface area contributed by atoms with E-state index >= 15 is 0 Å². The smallest absolute Gasteiger partial charge is 0.259 e. The number of anilines is 1. The number of hydrogen-bond acceptors (Lipinski definition) is 3. The molecule has 3 rings (SSSR count). The lowest BCUT2D eigenvalue weighted by Crippen LogP contribution is -2.26. The topological polar surface area (TPSA) is 53.5 Å². The number of carbonyl (C=O) groups is 1. The van der Waals surface area contributed by atoms with Crippen molar-refractivity contribution in [1.29, 1.82) is 0 Å². The van der Waals surface area contributed by atoms with Crippen LogP contribution in [0.3, 0.4) is 0 Å². The number of carbonyl (C=O) groups excluding carboxylic acids is 1. The molecule has 0 radical (unpaired) electrons. The first-order valence-electron chi connectivity index (χ1n) is 7.94. The van der Waals surface area contributed by atoms with Crippen LogP contribution in [0.15, 0.2) is 71.8 Å². The first-order chi connectivity index (χ1) is 12.1. The Bertz CT molecular complexity index is 914. The van der Waals surface area contributed by atoms with Crippen molar-refractivity contribution in [2.24, 2.45) is 5.10 Å². The summed E-state index contributed by atoms with van der Waals surface area (Å²) in [6.45, 7) is 1.86. The number of amides is 1. The number of nitrogens with one attached hydrogen (secondary N) is 2. The van der Waals surface area contributed by atoms with Crippen molar-refractivity contribution in [2.45, 2.75) is 6.92 Å². The molecule has 5 heteroatoms. The monoisotopic (exact) mass is 335 g/mol. The molecule has 0 unspecified atom stereocenters. The Labute approximate surface area is 145 Å². The Kier molecular flexibility index (Phi) is 5.04. The fourth-order valence-electron chi connectivity index (χ4n) is 2.50. The van der Waals surface area contributed by atoms with Gasteiger partial charge in [0, 0.05) is 11.1 Å². The molecule has 0 saturated heterocycles. The van der Waals surface area contributed by atoms with Gasteiger partial charge in [0.15, 0.2) is 0 Å². The van der Waals surface area contributed by atoms with Crippen LogP contribution in [-0.2, 0) is 4.79 Å². The van der Waals surface area contributed by atoms with Crippen molar-refractivity contribution >= 4 is 28.1 Å². The van der Waals surface area contributed by atoms with Gasteiger partial charge in [-0.05, 0) is 36.1 Å². The normalized spacial score (nSPS) is 11.4. The molecule has 0 heterocycles. The molecule has 126 valence electrons. The van der Waals surface area contributed by atoms with E-state index in [4.69, 9.17) is 0 Å². The number of rotatable bonds is 5. The van der Waals surface area contributed by atoms with Gasteiger partial charge in [0.1, 0.15) is 5.82 Å². The first kappa shape index (κ1) is 16.6. The molecule has 0 atom stereocenters. The quantitative estimate of drug-likeness (QED) is 0.548. The molecule has 3 aromatic rings. The van der Waals surface area contributed by atoms with Gasteiger partial charge in [-0.1, -0.05) is 48.5 Å². The van der Waals surface area contributed by atoms with Crippen LogP contribution in [0, 0.1) is 5.82 Å². The summed E-state index contributed by atoms with van der Waals surface area (Å²) in [6.07, 6.45) is 0. The molecular formula is C20H18FN3O. The predicted molar refractivity (Wildman–Crippen MR) is 99.2 cm³/mol. The molecule has 0 saturated carbocycles. The zero-order valence-corrected chi connectivity index (χ0v) is 13.8. The summed E-state index contributed by atoms with van der Waals surface area (Å²) >= 11 is 0. The summed E-state index contributed by atoms with van der Waals surface area (Å²) in [4.78, 5) is 12.0. The molecule has 1 amide bonds. The Hall–Kier alpha value is -3.21. The highest BCUT2D eigenvalue weighted by molar-refractivity contribution is 5.99. The second-order valence-electron chi connectivity index (χ2n) is 5.62. The summed E-state index contributed by atoms with van der Waals surface area (Å²) in [5.41, 5.74) is 4.77. The third-order valence-corrected chi connectivity index (χ3v) is 3.84. The van der Waals surface area contributed by atoms with Gasteiger partial charge >= 0.3 is 0 Å². The molecule has 0 aromatic heterocycles. The van der Waals surface area contributed by atoms with Gasteiger partial charge in [-0.3, -0.25) is 4.79 Å². The van der Waals surface area contributed by atoms with Crippen LogP contribution in [0.25, 0.3) is 10.8 Å². The lowest BCUT2D eigenvalue weighted by Gasteiger charge is -2.09. The lowest BCUT2D eigenvalue weighted by atomic mass is 10.1. The number of halogens is 1. The van der Waals surface area contributed by atoms with Crippen LogP contribution in [0.5, 0.6) is 0 Å². The van der Waals surface area contributed by atoms with Crippen LogP contribution in [-0.4, -0.2) is 18.2 Å². The van der Waals surface area contributed by atoms with E-state index in [0.717, 1.165) is 22.0 Å². The molecule has 0 bridgehead atoms. The Morgan fingerprint density at radius 3 is 2.52 bits per heavy atom. The maximum absolute atomic E-state index is 12.9. The van der Waals surface area contributed by atoms with E-state index in [1.807, 2.05) is 42.5 Å². The number of hydrazone groups is 1. The fraction of sp³-hybridized carbons (Fsp3) is 0.100. The molecule has 0 aliphatic carbocycles. The van der Waals surface area contributed by atoms with Crippen LogP contribution >= 0.6 is 0 Å². The molecule has 2 N–H and O–H groups in total. The number of fused-ring (bicyclic) bond motifs is 1. The van der Waals surface area contributed by atoms with Gasteiger partial charge < -0.3 is 5.32 Å². The zero-order valence-electron chi connectivity index (χ0n) is 13.8. The summed E-state index contributed by atoms with van der Waals surface area (Å²) in [5, 5.41) is 9.35. The Morgan fingerprint density at radius 1 is 1.00 bits per heavy atom. The molecule has 0 aliphatic heterocycles. The molecule has 0 aliphatic rings. The van der Waals surface area contributed by atoms with E-state index in [9.17, 15) is 9.18 Å². The van der Waals surface area contributed by atoms with E-state index in [1.165, 1.54) is 12.1 Å². The Morgan fingerprint density at radius 2 is 1.72 bits per heavy atom. The summed E-state index contributed by atoms with van der Waals surface area (Å²) in [7, 11) is 0. The number of benzene rings is 3. The molecule has 0 fully saturated rings. The van der Waals surface area contributed by atoms with Gasteiger partial charge in [0.05, 0.1) is 12.3 Å². The molecule has 25 heavy (non-hydrogen) atoms. The largest absolute Gasteiger partial charge is 0.376 e. The molecular weight excluding hydrogens is 317 g/mol. The Balaban J connectivity index is 1.61. The lowest BCUT2D eigenvalue weighted by molar-refractivity contribution is -0.119. The van der Waals surface area contributed by atoms with Crippen molar-refractivity contribution < 1.29 is 9.18 Å². The average Bonchev–Trinajstić information content (AvgIpc) is 2.65. The van der Waals surface area contributed by atoms with Gasteiger partial charge in [0.2, 0.25) is 0 Å². The molecule has 4 nitrogen and oxygen atoms in total. The van der Waals surface area contributed by atoms with Crippen LogP contribution in [0.4, 0.5) is 10.1 Å². The van der Waals surface area contributed by atoms with Crippen molar-refractivity contribution in [1.82, 2.24) is 5.43 Å². The standard InChI is InChI=1S/C20H18FN3O/c1-14(15-9-11-17(21)12-10-15)23-24-20(25)13-22-19-8-4-6-16-5-2-3-7-18(16)19/h2-12,22H,13H2,1H3,(H,24,25)/b23-14-. The van der Waals surface area contributed by atoms with E-state index in [1.54, 1.807) is 19.1 Å². The minimum absolute atomic E-state index is 0.105. The third-order valence-electron chi connectivity index (χ3n) is 3.84. The van der Waals surface area contributed by atoms with Crippen molar-refractivity contribution in [3.05, 3.63) is 78.1 Å². The van der Waals surface area contributed by atoms with E-state index in [-0.39, 0.29) is 18.3 Å². The minimum atomic E-state index is -0.306. The number of hydrogen-bond donors (Lipinski definition) is 2. The second kappa shape index (κ2) is 7.57.